The number of nitrogens with one attached hydrogen (secondary N) is 1. The summed E-state index contributed by atoms with van der Waals surface area (Å²) >= 11 is 1.91. The van der Waals surface area contributed by atoms with Gasteiger partial charge in [0, 0.05) is 31.3 Å². The minimum Gasteiger partial charge on any atom is -0.373 e. The van der Waals surface area contributed by atoms with E-state index < -0.39 is 0 Å². The van der Waals surface area contributed by atoms with Gasteiger partial charge in [-0.1, -0.05) is 24.3 Å². The Hall–Kier alpha value is -1.75. The number of nitrogens with zero attached hydrogens (tertiary/aromatic N) is 2. The zero-order valence-electron chi connectivity index (χ0n) is 12.3. The quantitative estimate of drug-likeness (QED) is 0.947. The molecule has 1 unspecified atom stereocenters. The minimum atomic E-state index is 0.00440. The summed E-state index contributed by atoms with van der Waals surface area (Å²) in [6.07, 6.45) is 1.07. The minimum absolute atomic E-state index is 0.00440. The van der Waals surface area contributed by atoms with Gasteiger partial charge in [0.25, 0.3) is 5.91 Å². The van der Waals surface area contributed by atoms with Crippen LogP contribution in [0.25, 0.3) is 10.8 Å². The molecule has 110 valence electrons. The molecule has 1 aliphatic heterocycles. The number of pyridine rings is 1. The van der Waals surface area contributed by atoms with Crippen LogP contribution in [0.15, 0.2) is 30.3 Å². The first-order chi connectivity index (χ1) is 10.2. The molecular formula is C16H19N3OS. The molecule has 3 rings (SSSR count). The summed E-state index contributed by atoms with van der Waals surface area (Å²) < 4.78 is 0. The largest absolute Gasteiger partial charge is 0.373 e. The molecule has 0 aliphatic carbocycles. The number of rotatable bonds is 3. The van der Waals surface area contributed by atoms with Crippen LogP contribution in [0.5, 0.6) is 0 Å². The molecule has 2 heterocycles. The van der Waals surface area contributed by atoms with E-state index in [9.17, 15) is 4.79 Å². The van der Waals surface area contributed by atoms with Crippen molar-refractivity contribution in [2.45, 2.75) is 12.5 Å². The number of hydrogen-bond acceptors (Lipinski definition) is 4. The summed E-state index contributed by atoms with van der Waals surface area (Å²) in [7, 11) is 3.72. The lowest BCUT2D eigenvalue weighted by Gasteiger charge is -2.23. The highest BCUT2D eigenvalue weighted by atomic mass is 32.2. The smallest absolute Gasteiger partial charge is 0.272 e. The van der Waals surface area contributed by atoms with Crippen molar-refractivity contribution in [3.63, 3.8) is 0 Å². The molecule has 1 atom stereocenters. The van der Waals surface area contributed by atoms with Crippen LogP contribution in [0.3, 0.4) is 0 Å². The van der Waals surface area contributed by atoms with Crippen molar-refractivity contribution < 1.29 is 4.79 Å². The number of anilines is 1. The Bertz CT molecular complexity index is 668. The van der Waals surface area contributed by atoms with Crippen LogP contribution in [0.1, 0.15) is 16.9 Å². The first-order valence-corrected chi connectivity index (χ1v) is 8.28. The topological polar surface area (TPSA) is 45.2 Å². The summed E-state index contributed by atoms with van der Waals surface area (Å²) in [6, 6.07) is 10.2. The summed E-state index contributed by atoms with van der Waals surface area (Å²) in [6.45, 7) is 0. The molecule has 1 aromatic heterocycles. The number of benzene rings is 1. The maximum Gasteiger partial charge on any atom is 0.272 e. The van der Waals surface area contributed by atoms with Gasteiger partial charge in [-0.2, -0.15) is 11.8 Å². The molecule has 5 heteroatoms. The van der Waals surface area contributed by atoms with Crippen LogP contribution >= 0.6 is 11.8 Å². The lowest BCUT2D eigenvalue weighted by molar-refractivity contribution is 0.0742. The lowest BCUT2D eigenvalue weighted by Crippen LogP contribution is -2.37. The van der Waals surface area contributed by atoms with Gasteiger partial charge in [0.1, 0.15) is 11.5 Å². The molecule has 1 amide bonds. The van der Waals surface area contributed by atoms with E-state index in [-0.39, 0.29) is 5.91 Å². The second-order valence-corrected chi connectivity index (χ2v) is 6.41. The Labute approximate surface area is 128 Å². The number of hydrogen-bond donors (Lipinski definition) is 1. The van der Waals surface area contributed by atoms with E-state index in [1.165, 1.54) is 0 Å². The fourth-order valence-electron chi connectivity index (χ4n) is 2.67. The van der Waals surface area contributed by atoms with E-state index >= 15 is 0 Å². The monoisotopic (exact) mass is 301 g/mol. The Morgan fingerprint density at radius 3 is 2.95 bits per heavy atom. The van der Waals surface area contributed by atoms with Gasteiger partial charge in [-0.25, -0.2) is 4.98 Å². The molecule has 1 N–H and O–H groups in total. The third kappa shape index (κ3) is 2.70. The Balaban J connectivity index is 1.97. The van der Waals surface area contributed by atoms with Gasteiger partial charge in [0.05, 0.1) is 0 Å². The third-order valence-corrected chi connectivity index (χ3v) is 5.11. The van der Waals surface area contributed by atoms with Crippen molar-refractivity contribution in [3.05, 3.63) is 36.0 Å². The lowest BCUT2D eigenvalue weighted by atomic mass is 10.1. The van der Waals surface area contributed by atoms with Crippen molar-refractivity contribution >= 4 is 34.3 Å². The number of thioether (sulfide) groups is 1. The molecule has 0 radical (unpaired) electrons. The Kier molecular flexibility index (Phi) is 4.01. The number of amides is 1. The van der Waals surface area contributed by atoms with Gasteiger partial charge in [-0.05, 0) is 23.6 Å². The molecule has 0 bridgehead atoms. The molecule has 1 fully saturated rings. The highest BCUT2D eigenvalue weighted by molar-refractivity contribution is 7.99. The average Bonchev–Trinajstić information content (AvgIpc) is 3.06. The Morgan fingerprint density at radius 1 is 1.43 bits per heavy atom. The predicted molar refractivity (Wildman–Crippen MR) is 89.1 cm³/mol. The van der Waals surface area contributed by atoms with Crippen LogP contribution in [-0.4, -0.2) is 47.4 Å². The van der Waals surface area contributed by atoms with E-state index in [2.05, 4.69) is 10.3 Å². The summed E-state index contributed by atoms with van der Waals surface area (Å²) in [5.74, 6) is 2.92. The summed E-state index contributed by atoms with van der Waals surface area (Å²) in [5.41, 5.74) is 0.512. The second-order valence-electron chi connectivity index (χ2n) is 5.26. The van der Waals surface area contributed by atoms with Gasteiger partial charge < -0.3 is 10.2 Å². The molecule has 21 heavy (non-hydrogen) atoms. The average molecular weight is 301 g/mol. The summed E-state index contributed by atoms with van der Waals surface area (Å²) in [4.78, 5) is 19.0. The second kappa shape index (κ2) is 5.93. The van der Waals surface area contributed by atoms with Crippen molar-refractivity contribution in [3.8, 4) is 0 Å². The molecule has 0 spiro atoms. The first kappa shape index (κ1) is 14.2. The molecule has 1 saturated heterocycles. The first-order valence-electron chi connectivity index (χ1n) is 7.13. The number of aromatic nitrogens is 1. The van der Waals surface area contributed by atoms with Crippen LogP contribution < -0.4 is 5.32 Å². The molecule has 0 saturated carbocycles. The number of carbonyl (C=O) groups excluding carboxylic acids is 1. The molecule has 2 aromatic rings. The van der Waals surface area contributed by atoms with Gasteiger partial charge in [-0.3, -0.25) is 4.79 Å². The summed E-state index contributed by atoms with van der Waals surface area (Å²) in [5, 5.41) is 5.16. The van der Waals surface area contributed by atoms with Crippen molar-refractivity contribution in [2.75, 3.05) is 30.9 Å². The Morgan fingerprint density at radius 2 is 2.24 bits per heavy atom. The van der Waals surface area contributed by atoms with Gasteiger partial charge >= 0.3 is 0 Å². The van der Waals surface area contributed by atoms with E-state index in [4.69, 9.17) is 0 Å². The fraction of sp³-hybridized carbons (Fsp3) is 0.375. The third-order valence-electron chi connectivity index (χ3n) is 3.97. The number of carbonyl (C=O) groups is 1. The normalized spacial score (nSPS) is 17.9. The van der Waals surface area contributed by atoms with Crippen molar-refractivity contribution in [1.29, 1.82) is 0 Å². The van der Waals surface area contributed by atoms with Crippen molar-refractivity contribution in [2.24, 2.45) is 0 Å². The zero-order chi connectivity index (χ0) is 14.8. The van der Waals surface area contributed by atoms with Crippen molar-refractivity contribution in [1.82, 2.24) is 9.88 Å². The van der Waals surface area contributed by atoms with Crippen LogP contribution in [0.2, 0.25) is 0 Å². The maximum atomic E-state index is 12.7. The van der Waals surface area contributed by atoms with E-state index in [1.807, 2.05) is 61.1 Å². The van der Waals surface area contributed by atoms with E-state index in [0.717, 1.165) is 34.5 Å². The van der Waals surface area contributed by atoms with Gasteiger partial charge in [0.15, 0.2) is 0 Å². The maximum absolute atomic E-state index is 12.7. The number of fused-ring (bicyclic) bond motifs is 1. The van der Waals surface area contributed by atoms with Gasteiger partial charge in [-0.15, -0.1) is 0 Å². The van der Waals surface area contributed by atoms with Crippen LogP contribution in [0.4, 0.5) is 5.82 Å². The van der Waals surface area contributed by atoms with E-state index in [1.54, 1.807) is 0 Å². The molecule has 1 aliphatic rings. The van der Waals surface area contributed by atoms with E-state index in [0.29, 0.717) is 11.7 Å². The SMILES string of the molecule is CNc1nc(C(=O)N(C)C2CCSC2)cc2ccccc12. The van der Waals surface area contributed by atoms with Gasteiger partial charge in [0.2, 0.25) is 0 Å². The predicted octanol–water partition coefficient (Wildman–Crippen LogP) is 2.85. The standard InChI is InChI=1S/C16H19N3OS/c1-17-15-13-6-4-3-5-11(13)9-14(18-15)16(20)19(2)12-7-8-21-10-12/h3-6,9,12H,7-8,10H2,1-2H3,(H,17,18). The zero-order valence-corrected chi connectivity index (χ0v) is 13.1. The van der Waals surface area contributed by atoms with Crippen LogP contribution in [0, 0.1) is 0 Å². The molecule has 1 aromatic carbocycles. The fourth-order valence-corrected chi connectivity index (χ4v) is 3.94. The highest BCUT2D eigenvalue weighted by Crippen LogP contribution is 2.25. The molecule has 4 nitrogen and oxygen atoms in total. The highest BCUT2D eigenvalue weighted by Gasteiger charge is 2.25. The molecular weight excluding hydrogens is 282 g/mol. The van der Waals surface area contributed by atoms with Crippen LogP contribution in [-0.2, 0) is 0 Å².